The lowest BCUT2D eigenvalue weighted by Gasteiger charge is -2.41. The molecule has 0 amide bonds. The van der Waals surface area contributed by atoms with Crippen LogP contribution in [0.15, 0.2) is 60.7 Å². The van der Waals surface area contributed by atoms with E-state index in [1.165, 1.54) is 0 Å². The van der Waals surface area contributed by atoms with Crippen molar-refractivity contribution in [1.29, 1.82) is 0 Å². The molecule has 3 rings (SSSR count). The first-order valence-corrected chi connectivity index (χ1v) is 9.81. The smallest absolute Gasteiger partial charge is 0.119 e. The zero-order valence-electron chi connectivity index (χ0n) is 13.8. The molecule has 1 saturated carbocycles. The number of rotatable bonds is 5. The van der Waals surface area contributed by atoms with Crippen LogP contribution in [0.25, 0.3) is 0 Å². The minimum atomic E-state index is -1.31. The highest BCUT2D eigenvalue weighted by Crippen LogP contribution is 2.42. The van der Waals surface area contributed by atoms with E-state index in [1.54, 1.807) is 0 Å². The van der Waals surface area contributed by atoms with Crippen LogP contribution in [0.2, 0.25) is 0 Å². The zero-order valence-corrected chi connectivity index (χ0v) is 14.6. The molecule has 0 heterocycles. The van der Waals surface area contributed by atoms with E-state index >= 15 is 0 Å². The lowest BCUT2D eigenvalue weighted by molar-refractivity contribution is 0.109. The maximum Gasteiger partial charge on any atom is 0.119 e. The van der Waals surface area contributed by atoms with E-state index in [9.17, 15) is 9.32 Å². The Bertz CT molecular complexity index is 627. The number of hydrogen-bond acceptors (Lipinski definition) is 3. The van der Waals surface area contributed by atoms with Crippen LogP contribution in [0.1, 0.15) is 48.5 Å². The molecule has 2 atom stereocenters. The van der Waals surface area contributed by atoms with Gasteiger partial charge in [-0.15, -0.1) is 0 Å². The van der Waals surface area contributed by atoms with Gasteiger partial charge >= 0.3 is 0 Å². The predicted molar refractivity (Wildman–Crippen MR) is 98.9 cm³/mol. The van der Waals surface area contributed by atoms with Crippen LogP contribution in [0, 0.1) is 0 Å². The molecule has 1 fully saturated rings. The van der Waals surface area contributed by atoms with E-state index in [2.05, 4.69) is 0 Å². The van der Waals surface area contributed by atoms with Gasteiger partial charge in [-0.25, -0.2) is 0 Å². The molecule has 0 aliphatic heterocycles. The van der Waals surface area contributed by atoms with Crippen molar-refractivity contribution < 1.29 is 9.32 Å². The predicted octanol–water partition coefficient (Wildman–Crippen LogP) is 3.50. The van der Waals surface area contributed by atoms with Crippen molar-refractivity contribution in [3.05, 3.63) is 71.8 Å². The molecule has 24 heavy (non-hydrogen) atoms. The second kappa shape index (κ2) is 7.60. The van der Waals surface area contributed by atoms with Crippen molar-refractivity contribution in [3.8, 4) is 0 Å². The molecule has 2 aromatic carbocycles. The first-order chi connectivity index (χ1) is 11.6. The maximum absolute atomic E-state index is 13.7. The van der Waals surface area contributed by atoms with Crippen molar-refractivity contribution >= 4 is 10.8 Å². The van der Waals surface area contributed by atoms with Crippen LogP contribution in [0.5, 0.6) is 0 Å². The third-order valence-electron chi connectivity index (χ3n) is 5.06. The van der Waals surface area contributed by atoms with Crippen LogP contribution in [-0.4, -0.2) is 20.3 Å². The molecule has 0 spiro atoms. The quantitative estimate of drug-likeness (QED) is 0.817. The summed E-state index contributed by atoms with van der Waals surface area (Å²) < 4.78 is 13.0. The fourth-order valence-electron chi connectivity index (χ4n) is 3.70. The molecule has 3 nitrogen and oxygen atoms in total. The van der Waals surface area contributed by atoms with Crippen LogP contribution in [0.3, 0.4) is 0 Å². The Hall–Kier alpha value is -1.49. The summed E-state index contributed by atoms with van der Waals surface area (Å²) in [4.78, 5) is 0. The van der Waals surface area contributed by atoms with E-state index in [1.807, 2.05) is 60.7 Å². The van der Waals surface area contributed by atoms with Gasteiger partial charge < -0.3 is 10.8 Å². The van der Waals surface area contributed by atoms with Crippen LogP contribution < -0.4 is 5.73 Å². The van der Waals surface area contributed by atoms with Gasteiger partial charge in [0.05, 0.1) is 10.00 Å². The first-order valence-electron chi connectivity index (χ1n) is 8.59. The van der Waals surface area contributed by atoms with Gasteiger partial charge in [-0.3, -0.25) is 4.21 Å². The minimum Gasteiger partial charge on any atom is -0.377 e. The van der Waals surface area contributed by atoms with Gasteiger partial charge in [-0.2, -0.15) is 0 Å². The summed E-state index contributed by atoms with van der Waals surface area (Å²) in [5, 5.41) is 10.1. The highest BCUT2D eigenvalue weighted by Gasteiger charge is 2.46. The van der Waals surface area contributed by atoms with Crippen LogP contribution in [0.4, 0.5) is 0 Å². The van der Waals surface area contributed by atoms with Gasteiger partial charge in [0.25, 0.3) is 0 Å². The number of hydrogen-bond donors (Lipinski definition) is 2. The van der Waals surface area contributed by atoms with E-state index in [4.69, 9.17) is 5.73 Å². The Morgan fingerprint density at radius 1 is 0.875 bits per heavy atom. The van der Waals surface area contributed by atoms with E-state index in [0.717, 1.165) is 30.4 Å². The average Bonchev–Trinajstić information content (AvgIpc) is 2.64. The van der Waals surface area contributed by atoms with Gasteiger partial charge in [-0.1, -0.05) is 79.9 Å². The molecule has 2 aromatic rings. The summed E-state index contributed by atoms with van der Waals surface area (Å²) in [6.07, 6.45) is 3.43. The summed E-state index contributed by atoms with van der Waals surface area (Å²) >= 11 is 0. The molecule has 0 radical (unpaired) electrons. The van der Waals surface area contributed by atoms with Crippen molar-refractivity contribution in [1.82, 2.24) is 0 Å². The van der Waals surface area contributed by atoms with Gasteiger partial charge in [0.15, 0.2) is 0 Å². The summed E-state index contributed by atoms with van der Waals surface area (Å²) in [6, 6.07) is 19.8. The average molecular weight is 343 g/mol. The van der Waals surface area contributed by atoms with Gasteiger partial charge in [0, 0.05) is 10.8 Å². The molecule has 128 valence electrons. The molecule has 1 aliphatic rings. The molecule has 0 aromatic heterocycles. The fraction of sp³-hybridized carbons (Fsp3) is 0.400. The molecule has 0 saturated heterocycles. The summed E-state index contributed by atoms with van der Waals surface area (Å²) in [5.74, 6) is 0. The van der Waals surface area contributed by atoms with Gasteiger partial charge in [-0.05, 0) is 24.0 Å². The normalized spacial score (nSPS) is 19.8. The molecule has 1 unspecified atom stereocenters. The highest BCUT2D eigenvalue weighted by atomic mass is 32.2. The largest absolute Gasteiger partial charge is 0.377 e. The van der Waals surface area contributed by atoms with Crippen molar-refractivity contribution in [3.63, 3.8) is 0 Å². The molecular formula is C20H25NO2S. The third-order valence-corrected chi connectivity index (χ3v) is 7.48. The zero-order chi connectivity index (χ0) is 17.0. The van der Waals surface area contributed by atoms with Crippen LogP contribution >= 0.6 is 0 Å². The minimum absolute atomic E-state index is 0.274. The van der Waals surface area contributed by atoms with Crippen molar-refractivity contribution in [2.45, 2.75) is 48.3 Å². The monoisotopic (exact) mass is 343 g/mol. The van der Waals surface area contributed by atoms with Crippen molar-refractivity contribution in [2.75, 3.05) is 0 Å². The highest BCUT2D eigenvalue weighted by molar-refractivity contribution is 7.87. The summed E-state index contributed by atoms with van der Waals surface area (Å²) in [7, 11) is -1.31. The van der Waals surface area contributed by atoms with Gasteiger partial charge in [0.1, 0.15) is 6.23 Å². The number of aliphatic hydroxyl groups is 1. The third kappa shape index (κ3) is 3.32. The Labute approximate surface area is 146 Å². The Balaban J connectivity index is 2.06. The Kier molecular flexibility index (Phi) is 5.49. The SMILES string of the molecule is NC(O)C1([S@](=O)C(c2ccccc2)c2ccccc2)CCCCC1. The molecule has 4 heteroatoms. The van der Waals surface area contributed by atoms with Crippen LogP contribution in [-0.2, 0) is 10.8 Å². The van der Waals surface area contributed by atoms with Gasteiger partial charge in [0.2, 0.25) is 0 Å². The van der Waals surface area contributed by atoms with E-state index < -0.39 is 21.8 Å². The summed E-state index contributed by atoms with van der Waals surface area (Å²) in [6.45, 7) is 0. The first kappa shape index (κ1) is 17.3. The number of aliphatic hydroxyl groups excluding tert-OH is 1. The molecule has 1 aliphatic carbocycles. The Morgan fingerprint density at radius 3 is 1.75 bits per heavy atom. The van der Waals surface area contributed by atoms with E-state index in [0.29, 0.717) is 12.8 Å². The second-order valence-electron chi connectivity index (χ2n) is 6.57. The number of nitrogens with two attached hydrogens (primary N) is 1. The molecule has 3 N–H and O–H groups in total. The number of benzene rings is 2. The molecule has 0 bridgehead atoms. The maximum atomic E-state index is 13.7. The standard InChI is InChI=1S/C20H25NO2S/c21-19(22)20(14-8-3-9-15-20)24(23)18(16-10-4-1-5-11-16)17-12-6-2-7-13-17/h1-2,4-7,10-13,18-19,22H,3,8-9,14-15,21H2/t19?,24-/m1/s1. The molecular weight excluding hydrogens is 318 g/mol. The Morgan fingerprint density at radius 2 is 1.33 bits per heavy atom. The van der Waals surface area contributed by atoms with E-state index in [-0.39, 0.29) is 5.25 Å². The van der Waals surface area contributed by atoms with Crippen molar-refractivity contribution in [2.24, 2.45) is 5.73 Å². The topological polar surface area (TPSA) is 63.3 Å². The lowest BCUT2D eigenvalue weighted by atomic mass is 9.87. The lowest BCUT2D eigenvalue weighted by Crippen LogP contribution is -2.53. The fourth-order valence-corrected chi connectivity index (χ4v) is 5.90. The second-order valence-corrected chi connectivity index (χ2v) is 8.45. The summed E-state index contributed by atoms with van der Waals surface area (Å²) in [5.41, 5.74) is 7.97.